The molecule has 2 amide bonds. The van der Waals surface area contributed by atoms with Crippen LogP contribution in [-0.4, -0.2) is 50.5 Å². The van der Waals surface area contributed by atoms with Crippen LogP contribution in [0.25, 0.3) is 0 Å². The van der Waals surface area contributed by atoms with Crippen molar-refractivity contribution in [3.8, 4) is 0 Å². The van der Waals surface area contributed by atoms with Crippen LogP contribution in [0.4, 0.5) is 10.1 Å². The molecule has 7 nitrogen and oxygen atoms in total. The van der Waals surface area contributed by atoms with Gasteiger partial charge in [0.2, 0.25) is 21.8 Å². The minimum Gasteiger partial charge on any atom is -0.354 e. The third-order valence-electron chi connectivity index (χ3n) is 5.13. The molecule has 0 fully saturated rings. The lowest BCUT2D eigenvalue weighted by Gasteiger charge is -2.33. The van der Waals surface area contributed by atoms with Crippen molar-refractivity contribution >= 4 is 50.7 Å². The summed E-state index contributed by atoms with van der Waals surface area (Å²) >= 11 is 12.6. The summed E-state index contributed by atoms with van der Waals surface area (Å²) in [6.45, 7) is 3.19. The largest absolute Gasteiger partial charge is 0.354 e. The smallest absolute Gasteiger partial charge is 0.244 e. The molecule has 0 unspecified atom stereocenters. The summed E-state index contributed by atoms with van der Waals surface area (Å²) in [6, 6.07) is 9.18. The first kappa shape index (κ1) is 27.9. The van der Waals surface area contributed by atoms with Crippen LogP contribution in [0.2, 0.25) is 10.0 Å². The summed E-state index contributed by atoms with van der Waals surface area (Å²) in [4.78, 5) is 27.6. The zero-order valence-corrected chi connectivity index (χ0v) is 21.6. The first-order chi connectivity index (χ1) is 16.0. The Hall–Kier alpha value is -2.36. The van der Waals surface area contributed by atoms with Gasteiger partial charge < -0.3 is 10.2 Å². The molecule has 0 aliphatic heterocycles. The van der Waals surface area contributed by atoms with Crippen LogP contribution in [0, 0.1) is 5.82 Å². The maximum Gasteiger partial charge on any atom is 0.244 e. The van der Waals surface area contributed by atoms with Crippen LogP contribution in [0.1, 0.15) is 32.3 Å². The molecule has 0 aliphatic rings. The Balaban J connectivity index is 2.50. The molecule has 2 rings (SSSR count). The van der Waals surface area contributed by atoms with Crippen LogP contribution in [0.3, 0.4) is 0 Å². The van der Waals surface area contributed by atoms with Gasteiger partial charge in [0.05, 0.1) is 11.9 Å². The molecule has 0 heterocycles. The van der Waals surface area contributed by atoms with Crippen LogP contribution in [-0.2, 0) is 26.2 Å². The van der Waals surface area contributed by atoms with Crippen molar-refractivity contribution in [2.75, 3.05) is 23.7 Å². The van der Waals surface area contributed by atoms with E-state index >= 15 is 0 Å². The third kappa shape index (κ3) is 7.07. The van der Waals surface area contributed by atoms with Crippen LogP contribution in [0.15, 0.2) is 42.5 Å². The van der Waals surface area contributed by atoms with Gasteiger partial charge in [0, 0.05) is 28.7 Å². The molecule has 1 N–H and O–H groups in total. The van der Waals surface area contributed by atoms with E-state index in [2.05, 4.69) is 5.32 Å². The Labute approximate surface area is 209 Å². The highest BCUT2D eigenvalue weighted by molar-refractivity contribution is 7.92. The Bertz CT molecular complexity index is 1110. The Morgan fingerprint density at radius 1 is 1.06 bits per heavy atom. The first-order valence-corrected chi connectivity index (χ1v) is 13.3. The maximum atomic E-state index is 14.4. The monoisotopic (exact) mass is 531 g/mol. The van der Waals surface area contributed by atoms with Crippen LogP contribution in [0.5, 0.6) is 0 Å². The fourth-order valence-corrected chi connectivity index (χ4v) is 4.76. The molecular weight excluding hydrogens is 504 g/mol. The number of benzene rings is 2. The van der Waals surface area contributed by atoms with Gasteiger partial charge in [-0.05, 0) is 37.1 Å². The van der Waals surface area contributed by atoms with E-state index in [0.29, 0.717) is 32.9 Å². The summed E-state index contributed by atoms with van der Waals surface area (Å²) in [5, 5.41) is 3.36. The van der Waals surface area contributed by atoms with Gasteiger partial charge in [-0.3, -0.25) is 13.9 Å². The fraction of sp³-hybridized carbons (Fsp3) is 0.391. The standard InChI is InChI=1S/C23H28Cl2FN3O4S/c1-4-13-27-23(31)20(5-2)28(14-16-17(24)9-8-10-18(16)25)22(30)15-29(34(3,32)33)21-12-7-6-11-19(21)26/h6-12,20H,4-5,13-15H2,1-3H3,(H,27,31)/t20-/m1/s1. The van der Waals surface area contributed by atoms with Crippen molar-refractivity contribution in [2.24, 2.45) is 0 Å². The molecule has 1 atom stereocenters. The second-order valence-corrected chi connectivity index (χ2v) is 10.4. The number of amides is 2. The maximum absolute atomic E-state index is 14.4. The van der Waals surface area contributed by atoms with Crippen LogP contribution >= 0.6 is 23.2 Å². The molecule has 34 heavy (non-hydrogen) atoms. The molecule has 186 valence electrons. The number of sulfonamides is 1. The van der Waals surface area contributed by atoms with Gasteiger partial charge >= 0.3 is 0 Å². The number of nitrogens with zero attached hydrogens (tertiary/aromatic N) is 2. The Morgan fingerprint density at radius 3 is 2.21 bits per heavy atom. The highest BCUT2D eigenvalue weighted by Gasteiger charge is 2.33. The molecule has 11 heteroatoms. The first-order valence-electron chi connectivity index (χ1n) is 10.7. The SMILES string of the molecule is CCCNC(=O)[C@@H](CC)N(Cc1c(Cl)cccc1Cl)C(=O)CN(c1ccccc1F)S(C)(=O)=O. The average Bonchev–Trinajstić information content (AvgIpc) is 2.77. The number of carbonyl (C=O) groups is 2. The number of hydrogen-bond donors (Lipinski definition) is 1. The molecule has 0 aromatic heterocycles. The minimum absolute atomic E-state index is 0.135. The van der Waals surface area contributed by atoms with Crippen molar-refractivity contribution in [1.29, 1.82) is 0 Å². The predicted molar refractivity (Wildman–Crippen MR) is 133 cm³/mol. The summed E-state index contributed by atoms with van der Waals surface area (Å²) in [6.07, 6.45) is 1.83. The Kier molecular flexibility index (Phi) is 10.1. The molecular formula is C23H28Cl2FN3O4S. The highest BCUT2D eigenvalue weighted by Crippen LogP contribution is 2.28. The van der Waals surface area contributed by atoms with Gasteiger partial charge in [-0.1, -0.05) is 55.2 Å². The van der Waals surface area contributed by atoms with Crippen LogP contribution < -0.4 is 9.62 Å². The predicted octanol–water partition coefficient (Wildman–Crippen LogP) is 4.23. The Morgan fingerprint density at radius 2 is 1.68 bits per heavy atom. The molecule has 0 radical (unpaired) electrons. The van der Waals surface area contributed by atoms with Crippen molar-refractivity contribution in [2.45, 2.75) is 39.3 Å². The lowest BCUT2D eigenvalue weighted by Crippen LogP contribution is -2.52. The lowest BCUT2D eigenvalue weighted by molar-refractivity contribution is -0.140. The number of carbonyl (C=O) groups excluding carboxylic acids is 2. The van der Waals surface area contributed by atoms with Gasteiger partial charge in [-0.15, -0.1) is 0 Å². The number of hydrogen-bond acceptors (Lipinski definition) is 4. The molecule has 2 aromatic carbocycles. The normalized spacial score (nSPS) is 12.2. The second kappa shape index (κ2) is 12.4. The molecule has 0 aliphatic carbocycles. The van der Waals surface area contributed by atoms with Gasteiger partial charge in [-0.2, -0.15) is 0 Å². The molecule has 0 saturated heterocycles. The molecule has 0 bridgehead atoms. The van der Waals surface area contributed by atoms with E-state index in [4.69, 9.17) is 23.2 Å². The number of anilines is 1. The van der Waals surface area contributed by atoms with Gasteiger partial charge in [-0.25, -0.2) is 12.8 Å². The lowest BCUT2D eigenvalue weighted by atomic mass is 10.1. The summed E-state index contributed by atoms with van der Waals surface area (Å²) < 4.78 is 40.1. The van der Waals surface area contributed by atoms with E-state index in [1.807, 2.05) is 6.92 Å². The fourth-order valence-electron chi connectivity index (χ4n) is 3.39. The summed E-state index contributed by atoms with van der Waals surface area (Å²) in [5.41, 5.74) is 0.148. The van der Waals surface area contributed by atoms with E-state index in [1.54, 1.807) is 25.1 Å². The van der Waals surface area contributed by atoms with Gasteiger partial charge in [0.15, 0.2) is 0 Å². The zero-order valence-electron chi connectivity index (χ0n) is 19.2. The third-order valence-corrected chi connectivity index (χ3v) is 6.96. The van der Waals surface area contributed by atoms with Gasteiger partial charge in [0.1, 0.15) is 18.4 Å². The topological polar surface area (TPSA) is 86.8 Å². The summed E-state index contributed by atoms with van der Waals surface area (Å²) in [7, 11) is -4.03. The molecule has 2 aromatic rings. The van der Waals surface area contributed by atoms with E-state index < -0.39 is 40.2 Å². The second-order valence-electron chi connectivity index (χ2n) is 7.66. The highest BCUT2D eigenvalue weighted by atomic mass is 35.5. The van der Waals surface area contributed by atoms with E-state index in [1.165, 1.54) is 23.1 Å². The van der Waals surface area contributed by atoms with Crippen molar-refractivity contribution in [3.05, 3.63) is 63.9 Å². The summed E-state index contributed by atoms with van der Waals surface area (Å²) in [5.74, 6) is -1.89. The zero-order chi connectivity index (χ0) is 25.5. The van der Waals surface area contributed by atoms with Crippen molar-refractivity contribution in [3.63, 3.8) is 0 Å². The molecule has 0 saturated carbocycles. The quantitative estimate of drug-likeness (QED) is 0.469. The number of nitrogens with one attached hydrogen (secondary N) is 1. The van der Waals surface area contributed by atoms with Crippen molar-refractivity contribution < 1.29 is 22.4 Å². The minimum atomic E-state index is -4.03. The van der Waals surface area contributed by atoms with E-state index in [0.717, 1.165) is 12.3 Å². The van der Waals surface area contributed by atoms with Gasteiger partial charge in [0.25, 0.3) is 0 Å². The van der Waals surface area contributed by atoms with E-state index in [9.17, 15) is 22.4 Å². The number of rotatable bonds is 11. The number of halogens is 3. The number of para-hydroxylation sites is 1. The van der Waals surface area contributed by atoms with E-state index in [-0.39, 0.29) is 18.7 Å². The molecule has 0 spiro atoms. The average molecular weight is 532 g/mol. The van der Waals surface area contributed by atoms with Crippen molar-refractivity contribution in [1.82, 2.24) is 10.2 Å².